The van der Waals surface area contributed by atoms with E-state index in [-0.39, 0.29) is 12.7 Å². The number of fused-ring (bicyclic) bond motifs is 1. The van der Waals surface area contributed by atoms with Crippen LogP contribution in [0.5, 0.6) is 5.75 Å². The number of carbonyl (C=O) groups is 1. The number of rotatable bonds is 3. The van der Waals surface area contributed by atoms with Gasteiger partial charge >= 0.3 is 5.97 Å². The highest BCUT2D eigenvalue weighted by Gasteiger charge is 2.33. The first kappa shape index (κ1) is 12.4. The molecule has 0 aromatic heterocycles. The van der Waals surface area contributed by atoms with Crippen molar-refractivity contribution in [2.45, 2.75) is 18.6 Å². The van der Waals surface area contributed by atoms with E-state index in [0.717, 1.165) is 12.2 Å². The average Bonchev–Trinajstić information content (AvgIpc) is 2.81. The van der Waals surface area contributed by atoms with Crippen molar-refractivity contribution in [3.8, 4) is 5.75 Å². The molecule has 1 saturated heterocycles. The van der Waals surface area contributed by atoms with Crippen molar-refractivity contribution in [3.05, 3.63) is 29.8 Å². The van der Waals surface area contributed by atoms with Crippen LogP contribution in [0.3, 0.4) is 0 Å². The van der Waals surface area contributed by atoms with Gasteiger partial charge in [0.1, 0.15) is 17.9 Å². The van der Waals surface area contributed by atoms with Crippen LogP contribution in [0, 0.1) is 0 Å². The molecule has 2 aliphatic rings. The number of aliphatic carboxylic acids is 1. The van der Waals surface area contributed by atoms with E-state index in [1.807, 2.05) is 23.1 Å². The number of para-hydroxylation sites is 1. The highest BCUT2D eigenvalue weighted by atomic mass is 16.5. The summed E-state index contributed by atoms with van der Waals surface area (Å²) in [5.41, 5.74) is 1.20. The van der Waals surface area contributed by atoms with Crippen LogP contribution in [-0.2, 0) is 16.0 Å². The van der Waals surface area contributed by atoms with E-state index in [2.05, 4.69) is 6.07 Å². The quantitative estimate of drug-likeness (QED) is 0.873. The Labute approximate surface area is 111 Å². The highest BCUT2D eigenvalue weighted by molar-refractivity contribution is 5.73. The first-order chi connectivity index (χ1) is 9.24. The third-order valence-corrected chi connectivity index (χ3v) is 3.68. The molecule has 1 fully saturated rings. The van der Waals surface area contributed by atoms with Crippen molar-refractivity contribution >= 4 is 5.97 Å². The molecule has 1 aromatic rings. The van der Waals surface area contributed by atoms with Gasteiger partial charge < -0.3 is 14.6 Å². The van der Waals surface area contributed by atoms with Crippen LogP contribution in [0.1, 0.15) is 5.56 Å². The summed E-state index contributed by atoms with van der Waals surface area (Å²) in [7, 11) is 0. The molecule has 1 N–H and O–H groups in total. The number of morpholine rings is 1. The van der Waals surface area contributed by atoms with E-state index in [1.165, 1.54) is 5.56 Å². The molecule has 2 atom stereocenters. The lowest BCUT2D eigenvalue weighted by Crippen LogP contribution is -2.52. The van der Waals surface area contributed by atoms with E-state index < -0.39 is 12.0 Å². The highest BCUT2D eigenvalue weighted by Crippen LogP contribution is 2.28. The molecular weight excluding hydrogens is 246 g/mol. The van der Waals surface area contributed by atoms with Crippen LogP contribution in [0.15, 0.2) is 24.3 Å². The zero-order valence-electron chi connectivity index (χ0n) is 10.6. The lowest BCUT2D eigenvalue weighted by atomic mass is 10.1. The number of hydrogen-bond donors (Lipinski definition) is 1. The zero-order valence-corrected chi connectivity index (χ0v) is 10.6. The van der Waals surface area contributed by atoms with E-state index in [1.54, 1.807) is 0 Å². The Morgan fingerprint density at radius 2 is 2.26 bits per heavy atom. The lowest BCUT2D eigenvalue weighted by Gasteiger charge is -2.34. The van der Waals surface area contributed by atoms with Gasteiger partial charge in [-0.2, -0.15) is 0 Å². The monoisotopic (exact) mass is 263 g/mol. The Bertz CT molecular complexity index is 451. The normalized spacial score (nSPS) is 26.7. The third kappa shape index (κ3) is 2.57. The Morgan fingerprint density at radius 3 is 3.05 bits per heavy atom. The fraction of sp³-hybridized carbons (Fsp3) is 0.500. The van der Waals surface area contributed by atoms with Crippen molar-refractivity contribution in [1.82, 2.24) is 4.90 Å². The largest absolute Gasteiger partial charge is 0.488 e. The zero-order chi connectivity index (χ0) is 13.2. The summed E-state index contributed by atoms with van der Waals surface area (Å²) in [4.78, 5) is 13.1. The molecule has 3 rings (SSSR count). The van der Waals surface area contributed by atoms with Gasteiger partial charge in [0.15, 0.2) is 0 Å². The van der Waals surface area contributed by atoms with Gasteiger partial charge in [0, 0.05) is 19.5 Å². The van der Waals surface area contributed by atoms with Gasteiger partial charge in [-0.25, -0.2) is 0 Å². The van der Waals surface area contributed by atoms with Gasteiger partial charge in [-0.1, -0.05) is 18.2 Å². The Hall–Kier alpha value is -1.59. The Balaban J connectivity index is 1.64. The average molecular weight is 263 g/mol. The minimum atomic E-state index is -0.824. The van der Waals surface area contributed by atoms with Crippen LogP contribution in [0.25, 0.3) is 0 Å². The van der Waals surface area contributed by atoms with E-state index in [0.29, 0.717) is 19.7 Å². The second-order valence-corrected chi connectivity index (χ2v) is 4.98. The first-order valence-electron chi connectivity index (χ1n) is 6.53. The second kappa shape index (κ2) is 5.19. The van der Waals surface area contributed by atoms with Gasteiger partial charge in [0.2, 0.25) is 0 Å². The maximum absolute atomic E-state index is 11.2. The number of nitrogens with zero attached hydrogens (tertiary/aromatic N) is 1. The summed E-state index contributed by atoms with van der Waals surface area (Å²) >= 11 is 0. The van der Waals surface area contributed by atoms with Crippen LogP contribution >= 0.6 is 0 Å². The summed E-state index contributed by atoms with van der Waals surface area (Å²) in [5, 5.41) is 9.19. The Kier molecular flexibility index (Phi) is 3.40. The number of hydrogen-bond acceptors (Lipinski definition) is 4. The predicted octanol–water partition coefficient (Wildman–Crippen LogP) is 0.776. The van der Waals surface area contributed by atoms with Crippen molar-refractivity contribution in [2.75, 3.05) is 26.3 Å². The SMILES string of the molecule is O=C(O)C1COCCN1CC1Cc2ccccc2O1. The van der Waals surface area contributed by atoms with Gasteiger partial charge in [-0.15, -0.1) is 0 Å². The summed E-state index contributed by atoms with van der Waals surface area (Å²) in [5.74, 6) is 0.0999. The molecule has 0 saturated carbocycles. The lowest BCUT2D eigenvalue weighted by molar-refractivity contribution is -0.150. The topological polar surface area (TPSA) is 59.0 Å². The molecule has 0 bridgehead atoms. The second-order valence-electron chi connectivity index (χ2n) is 4.98. The standard InChI is InChI=1S/C14H17NO4/c16-14(17)12-9-18-6-5-15(12)8-11-7-10-3-1-2-4-13(10)19-11/h1-4,11-12H,5-9H2,(H,16,17). The summed E-state index contributed by atoms with van der Waals surface area (Å²) in [6.45, 7) is 2.13. The molecule has 2 aliphatic heterocycles. The van der Waals surface area contributed by atoms with Crippen LogP contribution in [0.2, 0.25) is 0 Å². The molecule has 2 unspecified atom stereocenters. The maximum Gasteiger partial charge on any atom is 0.323 e. The minimum Gasteiger partial charge on any atom is -0.488 e. The molecule has 0 amide bonds. The molecule has 0 aliphatic carbocycles. The molecule has 2 heterocycles. The van der Waals surface area contributed by atoms with Crippen molar-refractivity contribution < 1.29 is 19.4 Å². The van der Waals surface area contributed by atoms with Crippen molar-refractivity contribution in [1.29, 1.82) is 0 Å². The molecule has 19 heavy (non-hydrogen) atoms. The number of carboxylic acids is 1. The third-order valence-electron chi connectivity index (χ3n) is 3.68. The van der Waals surface area contributed by atoms with Crippen molar-refractivity contribution in [2.24, 2.45) is 0 Å². The van der Waals surface area contributed by atoms with Crippen LogP contribution in [0.4, 0.5) is 0 Å². The van der Waals surface area contributed by atoms with E-state index in [9.17, 15) is 9.90 Å². The van der Waals surface area contributed by atoms with Crippen LogP contribution in [-0.4, -0.2) is 54.4 Å². The van der Waals surface area contributed by atoms with Gasteiger partial charge in [-0.05, 0) is 11.6 Å². The summed E-state index contributed by atoms with van der Waals surface area (Å²) in [6.07, 6.45) is 0.886. The molecule has 1 aromatic carbocycles. The minimum absolute atomic E-state index is 0.0392. The number of carboxylic acid groups (broad SMARTS) is 1. The smallest absolute Gasteiger partial charge is 0.323 e. The number of ether oxygens (including phenoxy) is 2. The number of benzene rings is 1. The molecule has 5 nitrogen and oxygen atoms in total. The van der Waals surface area contributed by atoms with Gasteiger partial charge in [-0.3, -0.25) is 9.69 Å². The fourth-order valence-corrected chi connectivity index (χ4v) is 2.70. The molecular formula is C14H17NO4. The van der Waals surface area contributed by atoms with E-state index >= 15 is 0 Å². The predicted molar refractivity (Wildman–Crippen MR) is 68.4 cm³/mol. The molecule has 102 valence electrons. The molecule has 0 spiro atoms. The molecule has 0 radical (unpaired) electrons. The van der Waals surface area contributed by atoms with Crippen molar-refractivity contribution in [3.63, 3.8) is 0 Å². The van der Waals surface area contributed by atoms with Crippen LogP contribution < -0.4 is 4.74 Å². The fourth-order valence-electron chi connectivity index (χ4n) is 2.70. The molecule has 5 heteroatoms. The summed E-state index contributed by atoms with van der Waals surface area (Å²) < 4.78 is 11.1. The maximum atomic E-state index is 11.2. The van der Waals surface area contributed by atoms with Gasteiger partial charge in [0.25, 0.3) is 0 Å². The Morgan fingerprint density at radius 1 is 1.42 bits per heavy atom. The first-order valence-corrected chi connectivity index (χ1v) is 6.53. The van der Waals surface area contributed by atoms with Gasteiger partial charge in [0.05, 0.1) is 13.2 Å². The summed E-state index contributed by atoms with van der Waals surface area (Å²) in [6, 6.07) is 7.42. The van der Waals surface area contributed by atoms with E-state index in [4.69, 9.17) is 9.47 Å².